The van der Waals surface area contributed by atoms with Gasteiger partial charge in [-0.1, -0.05) is 18.2 Å². The molecule has 2 amide bonds. The fourth-order valence-corrected chi connectivity index (χ4v) is 2.31. The van der Waals surface area contributed by atoms with Crippen LogP contribution in [0.15, 0.2) is 48.7 Å². The summed E-state index contributed by atoms with van der Waals surface area (Å²) in [5.41, 5.74) is 3.19. The average molecular weight is 328 g/mol. The van der Waals surface area contributed by atoms with Crippen LogP contribution < -0.4 is 16.5 Å². The molecule has 0 aromatic heterocycles. The molecule has 7 heteroatoms. The molecule has 1 heterocycles. The normalized spacial score (nSPS) is 13.3. The van der Waals surface area contributed by atoms with Gasteiger partial charge in [-0.25, -0.2) is 15.0 Å². The molecule has 0 bridgehead atoms. The molecule has 0 spiro atoms. The van der Waals surface area contributed by atoms with Gasteiger partial charge in [-0.2, -0.15) is 0 Å². The minimum absolute atomic E-state index is 0.135. The zero-order chi connectivity index (χ0) is 17.1. The molecule has 0 fully saturated rings. The number of carbonyl (C=O) groups is 1. The van der Waals surface area contributed by atoms with Crippen LogP contribution in [-0.4, -0.2) is 17.8 Å². The number of halogens is 1. The highest BCUT2D eigenvalue weighted by Crippen LogP contribution is 2.23. The van der Waals surface area contributed by atoms with Crippen LogP contribution in [0.25, 0.3) is 5.70 Å². The van der Waals surface area contributed by atoms with Gasteiger partial charge in [0.15, 0.2) is 6.73 Å². The smallest absolute Gasteiger partial charge is 0.323 e. The minimum Gasteiger partial charge on any atom is -0.477 e. The van der Waals surface area contributed by atoms with E-state index in [2.05, 4.69) is 10.6 Å². The Balaban J connectivity index is 1.65. The van der Waals surface area contributed by atoms with Crippen molar-refractivity contribution in [1.29, 1.82) is 0 Å². The van der Waals surface area contributed by atoms with E-state index >= 15 is 0 Å². The molecule has 0 saturated carbocycles. The van der Waals surface area contributed by atoms with Gasteiger partial charge >= 0.3 is 6.03 Å². The monoisotopic (exact) mass is 328 g/mol. The number of anilines is 2. The summed E-state index contributed by atoms with van der Waals surface area (Å²) in [5.74, 6) is 5.28. The summed E-state index contributed by atoms with van der Waals surface area (Å²) in [5, 5.41) is 6.63. The fraction of sp³-hybridized carbons (Fsp3) is 0.118. The Morgan fingerprint density at radius 3 is 2.62 bits per heavy atom. The van der Waals surface area contributed by atoms with E-state index < -0.39 is 11.8 Å². The lowest BCUT2D eigenvalue weighted by molar-refractivity contribution is 0.177. The number of nitrogens with one attached hydrogen (secondary N) is 2. The Morgan fingerprint density at radius 2 is 1.96 bits per heavy atom. The average Bonchev–Trinajstić information content (AvgIpc) is 2.98. The first-order chi connectivity index (χ1) is 11.5. The highest BCUT2D eigenvalue weighted by Gasteiger charge is 2.14. The van der Waals surface area contributed by atoms with Gasteiger partial charge in [0.1, 0.15) is 12.1 Å². The molecule has 2 aromatic carbocycles. The second kappa shape index (κ2) is 6.59. The first-order valence-electron chi connectivity index (χ1n) is 7.31. The van der Waals surface area contributed by atoms with Crippen molar-refractivity contribution >= 4 is 23.1 Å². The number of urea groups is 1. The first kappa shape index (κ1) is 15.8. The third-order valence-corrected chi connectivity index (χ3v) is 3.53. The van der Waals surface area contributed by atoms with Crippen LogP contribution in [0.3, 0.4) is 0 Å². The minimum atomic E-state index is -0.517. The molecule has 24 heavy (non-hydrogen) atoms. The molecule has 4 N–H and O–H groups in total. The van der Waals surface area contributed by atoms with Crippen molar-refractivity contribution in [3.05, 3.63) is 65.7 Å². The SMILES string of the molecule is Cc1ccc(F)c(NC(=O)Nc2ccc(C3=COCN3N)cc2)c1. The highest BCUT2D eigenvalue weighted by molar-refractivity contribution is 5.99. The summed E-state index contributed by atoms with van der Waals surface area (Å²) in [6.45, 7) is 2.13. The molecule has 0 radical (unpaired) electrons. The van der Waals surface area contributed by atoms with Crippen LogP contribution in [0.5, 0.6) is 0 Å². The van der Waals surface area contributed by atoms with Crippen molar-refractivity contribution in [2.75, 3.05) is 17.4 Å². The van der Waals surface area contributed by atoms with Gasteiger partial charge in [-0.15, -0.1) is 0 Å². The number of carbonyl (C=O) groups excluding carboxylic acids is 1. The standard InChI is InChI=1S/C17H17FN4O2/c1-11-2-7-14(18)15(8-11)21-17(23)20-13-5-3-12(4-6-13)16-9-24-10-22(16)19/h2-9H,10,19H2,1H3,(H2,20,21,23). The lowest BCUT2D eigenvalue weighted by Crippen LogP contribution is -2.26. The molecule has 6 nitrogen and oxygen atoms in total. The predicted molar refractivity (Wildman–Crippen MR) is 90.2 cm³/mol. The summed E-state index contributed by atoms with van der Waals surface area (Å²) in [7, 11) is 0. The summed E-state index contributed by atoms with van der Waals surface area (Å²) in [6, 6.07) is 11.1. The summed E-state index contributed by atoms with van der Waals surface area (Å²) < 4.78 is 18.8. The topological polar surface area (TPSA) is 79.6 Å². The number of nitrogens with two attached hydrogens (primary N) is 1. The number of benzene rings is 2. The second-order valence-electron chi connectivity index (χ2n) is 5.41. The maximum atomic E-state index is 13.7. The molecule has 0 saturated heterocycles. The summed E-state index contributed by atoms with van der Waals surface area (Å²) >= 11 is 0. The molecular weight excluding hydrogens is 311 g/mol. The molecule has 1 aliphatic heterocycles. The Hall–Kier alpha value is -3.06. The van der Waals surface area contributed by atoms with E-state index in [-0.39, 0.29) is 5.69 Å². The van der Waals surface area contributed by atoms with Crippen molar-refractivity contribution in [3.63, 3.8) is 0 Å². The number of ether oxygens (including phenoxy) is 1. The zero-order valence-electron chi connectivity index (χ0n) is 13.0. The second-order valence-corrected chi connectivity index (χ2v) is 5.41. The van der Waals surface area contributed by atoms with Gasteiger partial charge in [-0.05, 0) is 36.8 Å². The molecule has 0 unspecified atom stereocenters. The lowest BCUT2D eigenvalue weighted by atomic mass is 10.1. The van der Waals surface area contributed by atoms with Crippen molar-refractivity contribution in [1.82, 2.24) is 5.01 Å². The third kappa shape index (κ3) is 3.47. The molecule has 0 atom stereocenters. The van der Waals surface area contributed by atoms with Gasteiger partial charge in [0.05, 0.1) is 11.4 Å². The number of rotatable bonds is 3. The van der Waals surface area contributed by atoms with Crippen molar-refractivity contribution in [3.8, 4) is 0 Å². The quantitative estimate of drug-likeness (QED) is 0.756. The van der Waals surface area contributed by atoms with Crippen LogP contribution in [0, 0.1) is 12.7 Å². The number of hydrogen-bond acceptors (Lipinski definition) is 4. The van der Waals surface area contributed by atoms with Crippen LogP contribution in [0.2, 0.25) is 0 Å². The predicted octanol–water partition coefficient (Wildman–Crippen LogP) is 3.24. The van der Waals surface area contributed by atoms with Gasteiger partial charge in [0, 0.05) is 11.3 Å². The molecule has 2 aromatic rings. The summed E-state index contributed by atoms with van der Waals surface area (Å²) in [6.07, 6.45) is 1.58. The molecule has 124 valence electrons. The highest BCUT2D eigenvalue weighted by atomic mass is 19.1. The third-order valence-electron chi connectivity index (χ3n) is 3.53. The van der Waals surface area contributed by atoms with E-state index in [4.69, 9.17) is 10.6 Å². The Kier molecular flexibility index (Phi) is 4.35. The number of nitrogens with zero attached hydrogens (tertiary/aromatic N) is 1. The molecular formula is C17H17FN4O2. The van der Waals surface area contributed by atoms with Gasteiger partial charge in [-0.3, -0.25) is 5.01 Å². The maximum absolute atomic E-state index is 13.7. The first-order valence-corrected chi connectivity index (χ1v) is 7.31. The Morgan fingerprint density at radius 1 is 1.21 bits per heavy atom. The Labute approximate surface area is 138 Å². The van der Waals surface area contributed by atoms with E-state index in [1.807, 2.05) is 19.1 Å². The van der Waals surface area contributed by atoms with E-state index in [0.29, 0.717) is 12.4 Å². The van der Waals surface area contributed by atoms with Gasteiger partial charge in [0.25, 0.3) is 0 Å². The van der Waals surface area contributed by atoms with E-state index in [1.165, 1.54) is 11.1 Å². The Bertz CT molecular complexity index is 790. The number of aryl methyl sites for hydroxylation is 1. The van der Waals surface area contributed by atoms with Crippen LogP contribution in [0.1, 0.15) is 11.1 Å². The maximum Gasteiger partial charge on any atom is 0.323 e. The van der Waals surface area contributed by atoms with Gasteiger partial charge in [0.2, 0.25) is 0 Å². The molecule has 3 rings (SSSR count). The van der Waals surface area contributed by atoms with Crippen molar-refractivity contribution in [2.45, 2.75) is 6.92 Å². The number of hydrazine groups is 1. The van der Waals surface area contributed by atoms with E-state index in [9.17, 15) is 9.18 Å². The van der Waals surface area contributed by atoms with Crippen LogP contribution in [0.4, 0.5) is 20.6 Å². The molecule has 0 aliphatic carbocycles. The van der Waals surface area contributed by atoms with Crippen LogP contribution >= 0.6 is 0 Å². The van der Waals surface area contributed by atoms with E-state index in [0.717, 1.165) is 16.8 Å². The zero-order valence-corrected chi connectivity index (χ0v) is 13.0. The van der Waals surface area contributed by atoms with E-state index in [1.54, 1.807) is 30.5 Å². The van der Waals surface area contributed by atoms with Crippen molar-refractivity contribution in [2.24, 2.45) is 5.84 Å². The largest absolute Gasteiger partial charge is 0.477 e. The van der Waals surface area contributed by atoms with Crippen molar-refractivity contribution < 1.29 is 13.9 Å². The number of amides is 2. The fourth-order valence-electron chi connectivity index (χ4n) is 2.31. The van der Waals surface area contributed by atoms with Gasteiger partial charge < -0.3 is 15.4 Å². The van der Waals surface area contributed by atoms with Crippen LogP contribution in [-0.2, 0) is 4.74 Å². The lowest BCUT2D eigenvalue weighted by Gasteiger charge is -2.13. The molecule has 1 aliphatic rings. The number of hydrogen-bond donors (Lipinski definition) is 3. The summed E-state index contributed by atoms with van der Waals surface area (Å²) in [4.78, 5) is 12.0.